The van der Waals surface area contributed by atoms with Gasteiger partial charge in [-0.1, -0.05) is 0 Å². The van der Waals surface area contributed by atoms with E-state index in [1.165, 1.54) is 32.2 Å². The summed E-state index contributed by atoms with van der Waals surface area (Å²) in [6.45, 7) is 1.49. The van der Waals surface area contributed by atoms with Crippen LogP contribution in [0.15, 0.2) is 59.6 Å². The first-order valence-corrected chi connectivity index (χ1v) is 10.2. The van der Waals surface area contributed by atoms with Crippen LogP contribution in [-0.4, -0.2) is 18.9 Å². The van der Waals surface area contributed by atoms with Gasteiger partial charge in [0.1, 0.15) is 23.1 Å². The number of nitrogens with zero attached hydrogens (tertiary/aromatic N) is 2. The number of ether oxygens (including phenoxy) is 1. The van der Waals surface area contributed by atoms with E-state index in [0.717, 1.165) is 24.3 Å². The summed E-state index contributed by atoms with van der Waals surface area (Å²) in [5, 5.41) is 15.9. The molecule has 0 aromatic heterocycles. The Bertz CT molecular complexity index is 1370. The molecule has 0 heterocycles. The third-order valence-corrected chi connectivity index (χ3v) is 4.79. The lowest BCUT2D eigenvalue weighted by Gasteiger charge is -2.16. The largest absolute Gasteiger partial charge is 0.456 e. The van der Waals surface area contributed by atoms with Crippen LogP contribution in [0.25, 0.3) is 0 Å². The van der Waals surface area contributed by atoms with Gasteiger partial charge in [-0.3, -0.25) is 15.1 Å². The van der Waals surface area contributed by atoms with Crippen LogP contribution in [0, 0.1) is 30.0 Å². The van der Waals surface area contributed by atoms with Crippen molar-refractivity contribution in [2.75, 3.05) is 17.7 Å². The minimum absolute atomic E-state index is 0.0504. The Hall–Kier alpha value is -4.66. The van der Waals surface area contributed by atoms with Crippen molar-refractivity contribution in [3.8, 4) is 17.7 Å². The fourth-order valence-electron chi connectivity index (χ4n) is 3.04. The Morgan fingerprint density at radius 3 is 2.39 bits per heavy atom. The third-order valence-electron chi connectivity index (χ3n) is 4.79. The molecule has 0 fully saturated rings. The zero-order chi connectivity index (χ0) is 26.5. The molecule has 0 radical (unpaired) electrons. The van der Waals surface area contributed by atoms with Crippen molar-refractivity contribution < 1.29 is 31.5 Å². The second kappa shape index (κ2) is 10.7. The number of hydrogen-bond donors (Lipinski definition) is 3. The Kier molecular flexibility index (Phi) is 7.73. The van der Waals surface area contributed by atoms with E-state index >= 15 is 0 Å². The highest BCUT2D eigenvalue weighted by molar-refractivity contribution is 6.06. The topological polar surface area (TPSA) is 98.5 Å². The minimum Gasteiger partial charge on any atom is -0.456 e. The first-order chi connectivity index (χ1) is 17.0. The van der Waals surface area contributed by atoms with E-state index in [1.807, 2.05) is 0 Å². The van der Waals surface area contributed by atoms with E-state index in [-0.39, 0.29) is 28.6 Å². The molecule has 0 aliphatic carbocycles. The molecule has 3 N–H and O–H groups in total. The van der Waals surface area contributed by atoms with Gasteiger partial charge >= 0.3 is 6.18 Å². The summed E-state index contributed by atoms with van der Waals surface area (Å²) in [4.78, 5) is 16.7. The minimum atomic E-state index is -4.71. The molecule has 1 amide bonds. The number of nitrogens with one attached hydrogen (secondary N) is 3. The van der Waals surface area contributed by atoms with Crippen LogP contribution < -0.4 is 20.7 Å². The van der Waals surface area contributed by atoms with Gasteiger partial charge in [-0.05, 0) is 67.1 Å². The van der Waals surface area contributed by atoms with Gasteiger partial charge < -0.3 is 15.4 Å². The van der Waals surface area contributed by atoms with Gasteiger partial charge in [0.15, 0.2) is 6.19 Å². The number of halogens is 5. The number of amides is 1. The predicted molar refractivity (Wildman–Crippen MR) is 123 cm³/mol. The summed E-state index contributed by atoms with van der Waals surface area (Å²) in [5.74, 6) is -2.57. The monoisotopic (exact) mass is 503 g/mol. The lowest BCUT2D eigenvalue weighted by atomic mass is 10.1. The highest BCUT2D eigenvalue weighted by Crippen LogP contribution is 2.36. The lowest BCUT2D eigenvalue weighted by molar-refractivity contribution is -0.137. The highest BCUT2D eigenvalue weighted by Gasteiger charge is 2.32. The molecule has 36 heavy (non-hydrogen) atoms. The van der Waals surface area contributed by atoms with Crippen molar-refractivity contribution in [2.45, 2.75) is 13.1 Å². The second-order valence-electron chi connectivity index (χ2n) is 7.30. The van der Waals surface area contributed by atoms with Crippen molar-refractivity contribution in [3.63, 3.8) is 0 Å². The number of alkyl halides is 3. The molecule has 0 spiro atoms. The summed E-state index contributed by atoms with van der Waals surface area (Å²) < 4.78 is 73.1. The van der Waals surface area contributed by atoms with Crippen molar-refractivity contribution in [1.82, 2.24) is 5.32 Å². The Morgan fingerprint density at radius 1 is 1.00 bits per heavy atom. The molecule has 186 valence electrons. The van der Waals surface area contributed by atoms with Crippen LogP contribution in [0.5, 0.6) is 11.5 Å². The van der Waals surface area contributed by atoms with Gasteiger partial charge in [-0.2, -0.15) is 18.4 Å². The number of hydrogen-bond acceptors (Lipinski definition) is 4. The van der Waals surface area contributed by atoms with Gasteiger partial charge in [-0.15, -0.1) is 0 Å². The van der Waals surface area contributed by atoms with E-state index in [0.29, 0.717) is 17.7 Å². The number of anilines is 2. The number of nitriles is 1. The maximum Gasteiger partial charge on any atom is 0.416 e. The average Bonchev–Trinajstić information content (AvgIpc) is 2.82. The third kappa shape index (κ3) is 6.26. The van der Waals surface area contributed by atoms with Crippen LogP contribution in [-0.2, 0) is 6.18 Å². The molecule has 7 nitrogen and oxygen atoms in total. The molecule has 0 aliphatic heterocycles. The number of aryl methyl sites for hydroxylation is 1. The lowest BCUT2D eigenvalue weighted by Crippen LogP contribution is -2.27. The first-order valence-electron chi connectivity index (χ1n) is 10.2. The molecule has 3 aromatic carbocycles. The fraction of sp³-hybridized carbons (Fsp3) is 0.125. The van der Waals surface area contributed by atoms with Gasteiger partial charge in [0.05, 0.1) is 16.8 Å². The average molecular weight is 503 g/mol. The SMILES string of the molecule is CN=C(NC#N)Nc1cc(NC(=O)c2ccc(C(F)(F)F)cc2Oc2ccc(F)cc2C)ccc1F. The van der Waals surface area contributed by atoms with Crippen LogP contribution in [0.2, 0.25) is 0 Å². The summed E-state index contributed by atoms with van der Waals surface area (Å²) in [7, 11) is 1.35. The van der Waals surface area contributed by atoms with E-state index in [9.17, 15) is 26.7 Å². The summed E-state index contributed by atoms with van der Waals surface area (Å²) in [6, 6.07) is 9.20. The molecule has 0 bridgehead atoms. The van der Waals surface area contributed by atoms with Crippen LogP contribution in [0.4, 0.5) is 33.3 Å². The molecule has 0 atom stereocenters. The maximum atomic E-state index is 14.2. The van der Waals surface area contributed by atoms with Crippen molar-refractivity contribution in [3.05, 3.63) is 82.9 Å². The Balaban J connectivity index is 1.95. The van der Waals surface area contributed by atoms with Gasteiger partial charge in [0.2, 0.25) is 5.96 Å². The first kappa shape index (κ1) is 26.0. The maximum absolute atomic E-state index is 14.2. The van der Waals surface area contributed by atoms with Crippen LogP contribution in [0.3, 0.4) is 0 Å². The molecule has 12 heteroatoms. The number of carbonyl (C=O) groups is 1. The van der Waals surface area contributed by atoms with E-state index in [2.05, 4.69) is 20.9 Å². The Morgan fingerprint density at radius 2 is 1.75 bits per heavy atom. The van der Waals surface area contributed by atoms with E-state index in [1.54, 1.807) is 6.19 Å². The van der Waals surface area contributed by atoms with Gasteiger partial charge in [-0.25, -0.2) is 8.78 Å². The molecule has 0 saturated carbocycles. The van der Waals surface area contributed by atoms with Crippen molar-refractivity contribution in [1.29, 1.82) is 5.26 Å². The summed E-state index contributed by atoms with van der Waals surface area (Å²) in [5.41, 5.74) is -1.07. The van der Waals surface area contributed by atoms with Crippen LogP contribution >= 0.6 is 0 Å². The number of benzene rings is 3. The summed E-state index contributed by atoms with van der Waals surface area (Å²) in [6.07, 6.45) is -3.09. The smallest absolute Gasteiger partial charge is 0.416 e. The normalized spacial score (nSPS) is 11.4. The van der Waals surface area contributed by atoms with E-state index < -0.39 is 35.0 Å². The number of aliphatic imine (C=N–C) groups is 1. The van der Waals surface area contributed by atoms with Crippen molar-refractivity contribution in [2.24, 2.45) is 4.99 Å². The quantitative estimate of drug-likeness (QED) is 0.134. The second-order valence-corrected chi connectivity index (χ2v) is 7.30. The predicted octanol–water partition coefficient (Wildman–Crippen LogP) is 5.81. The van der Waals surface area contributed by atoms with Crippen LogP contribution in [0.1, 0.15) is 21.5 Å². The van der Waals surface area contributed by atoms with Gasteiger partial charge in [0.25, 0.3) is 5.91 Å². The van der Waals surface area contributed by atoms with E-state index in [4.69, 9.17) is 10.00 Å². The highest BCUT2D eigenvalue weighted by atomic mass is 19.4. The molecule has 0 unspecified atom stereocenters. The van der Waals surface area contributed by atoms with Crippen molar-refractivity contribution >= 4 is 23.2 Å². The number of guanidine groups is 1. The zero-order valence-electron chi connectivity index (χ0n) is 18.8. The molecule has 3 rings (SSSR count). The summed E-state index contributed by atoms with van der Waals surface area (Å²) >= 11 is 0. The standard InChI is InChI=1S/C24H18F5N5O2/c1-13-9-15(25)4-8-20(13)36-21-10-14(24(27,28)29)3-6-17(21)22(35)33-16-5-7-18(26)19(11-16)34-23(31-2)32-12-30/h3-11H,1-2H3,(H,33,35)(H2,31,32,34). The van der Waals surface area contributed by atoms with Gasteiger partial charge in [0, 0.05) is 12.7 Å². The number of rotatable bonds is 5. The molecular weight excluding hydrogens is 485 g/mol. The molecule has 3 aromatic rings. The molecule has 0 aliphatic rings. The Labute approximate surface area is 202 Å². The number of carbonyl (C=O) groups excluding carboxylic acids is 1. The molecular formula is C24H18F5N5O2. The fourth-order valence-corrected chi connectivity index (χ4v) is 3.04. The molecule has 0 saturated heterocycles. The zero-order valence-corrected chi connectivity index (χ0v) is 18.8.